The fourth-order valence-corrected chi connectivity index (χ4v) is 3.44. The number of carbonyl (C=O) groups is 2. The molecule has 2 N–H and O–H groups in total. The van der Waals surface area contributed by atoms with Crippen molar-refractivity contribution in [3.63, 3.8) is 0 Å². The number of nitrogens with one attached hydrogen (secondary N) is 2. The Balaban J connectivity index is 1.61. The van der Waals surface area contributed by atoms with Crippen molar-refractivity contribution in [2.45, 2.75) is 18.6 Å². The Kier molecular flexibility index (Phi) is 5.40. The van der Waals surface area contributed by atoms with Crippen molar-refractivity contribution in [2.24, 2.45) is 4.99 Å². The van der Waals surface area contributed by atoms with E-state index in [2.05, 4.69) is 15.6 Å². The number of amidine groups is 1. The normalized spacial score (nSPS) is 18.2. The van der Waals surface area contributed by atoms with Crippen LogP contribution in [0.15, 0.2) is 53.5 Å². The van der Waals surface area contributed by atoms with Gasteiger partial charge in [0.1, 0.15) is 5.25 Å². The summed E-state index contributed by atoms with van der Waals surface area (Å²) in [6, 6.07) is 14.5. The van der Waals surface area contributed by atoms with Crippen molar-refractivity contribution in [3.05, 3.63) is 59.1 Å². The number of hydrogen-bond donors (Lipinski definition) is 2. The summed E-state index contributed by atoms with van der Waals surface area (Å²) in [7, 11) is 0. The van der Waals surface area contributed by atoms with Gasteiger partial charge in [0.15, 0.2) is 5.17 Å². The van der Waals surface area contributed by atoms with Gasteiger partial charge >= 0.3 is 0 Å². The molecule has 0 aromatic heterocycles. The minimum Gasteiger partial charge on any atom is -0.326 e. The first kappa shape index (κ1) is 17.5. The summed E-state index contributed by atoms with van der Waals surface area (Å²) in [4.78, 5) is 28.6. The Morgan fingerprint density at radius 2 is 2.04 bits per heavy atom. The molecule has 1 fully saturated rings. The molecule has 128 valence electrons. The van der Waals surface area contributed by atoms with E-state index in [-0.39, 0.29) is 18.2 Å². The predicted octanol–water partition coefficient (Wildman–Crippen LogP) is 3.90. The van der Waals surface area contributed by atoms with Gasteiger partial charge in [-0.2, -0.15) is 0 Å². The van der Waals surface area contributed by atoms with E-state index in [0.717, 1.165) is 11.3 Å². The molecule has 0 aliphatic carbocycles. The summed E-state index contributed by atoms with van der Waals surface area (Å²) in [6.45, 7) is 1.95. The van der Waals surface area contributed by atoms with Crippen LogP contribution in [0.1, 0.15) is 12.0 Å². The van der Waals surface area contributed by atoms with Crippen LogP contribution in [0.25, 0.3) is 0 Å². The smallest absolute Gasteiger partial charge is 0.240 e. The lowest BCUT2D eigenvalue weighted by atomic mass is 10.2. The number of hydrogen-bond acceptors (Lipinski definition) is 4. The molecule has 2 aromatic rings. The van der Waals surface area contributed by atoms with Crippen molar-refractivity contribution < 1.29 is 9.59 Å². The Hall–Kier alpha value is -2.31. The van der Waals surface area contributed by atoms with Gasteiger partial charge in [-0.3, -0.25) is 9.59 Å². The maximum absolute atomic E-state index is 12.2. The summed E-state index contributed by atoms with van der Waals surface area (Å²) in [5, 5.41) is 6.14. The fourth-order valence-electron chi connectivity index (χ4n) is 2.33. The third kappa shape index (κ3) is 4.84. The highest BCUT2D eigenvalue weighted by molar-refractivity contribution is 8.15. The van der Waals surface area contributed by atoms with Crippen LogP contribution in [-0.2, 0) is 9.59 Å². The molecule has 1 aliphatic rings. The molecule has 0 radical (unpaired) electrons. The van der Waals surface area contributed by atoms with Crippen molar-refractivity contribution in [3.8, 4) is 0 Å². The van der Waals surface area contributed by atoms with Crippen LogP contribution >= 0.6 is 23.4 Å². The highest BCUT2D eigenvalue weighted by atomic mass is 35.5. The second-order valence-electron chi connectivity index (χ2n) is 5.61. The first-order valence-corrected chi connectivity index (χ1v) is 8.94. The van der Waals surface area contributed by atoms with E-state index in [9.17, 15) is 9.59 Å². The average molecular weight is 374 g/mol. The zero-order valence-electron chi connectivity index (χ0n) is 13.5. The number of aryl methyl sites for hydroxylation is 1. The minimum absolute atomic E-state index is 0.0874. The van der Waals surface area contributed by atoms with E-state index in [1.165, 1.54) is 11.8 Å². The van der Waals surface area contributed by atoms with Crippen LogP contribution in [0.3, 0.4) is 0 Å². The summed E-state index contributed by atoms with van der Waals surface area (Å²) in [5.74, 6) is -0.414. The Labute approximate surface area is 154 Å². The van der Waals surface area contributed by atoms with Gasteiger partial charge in [0.05, 0.1) is 5.69 Å². The zero-order chi connectivity index (χ0) is 17.8. The average Bonchev–Trinajstić information content (AvgIpc) is 2.89. The Bertz CT molecular complexity index is 836. The van der Waals surface area contributed by atoms with E-state index in [1.807, 2.05) is 31.2 Å². The molecule has 0 unspecified atom stereocenters. The highest BCUT2D eigenvalue weighted by Gasteiger charge is 2.32. The molecule has 1 atom stereocenters. The predicted molar refractivity (Wildman–Crippen MR) is 102 cm³/mol. The Morgan fingerprint density at radius 1 is 1.28 bits per heavy atom. The molecule has 25 heavy (non-hydrogen) atoms. The second-order valence-corrected chi connectivity index (χ2v) is 7.24. The number of amides is 2. The van der Waals surface area contributed by atoms with Gasteiger partial charge in [0.2, 0.25) is 11.8 Å². The zero-order valence-corrected chi connectivity index (χ0v) is 15.0. The monoisotopic (exact) mass is 373 g/mol. The number of nitrogens with zero attached hydrogens (tertiary/aromatic N) is 1. The molecular weight excluding hydrogens is 358 g/mol. The molecule has 1 aliphatic heterocycles. The summed E-state index contributed by atoms with van der Waals surface area (Å²) < 4.78 is 0. The Morgan fingerprint density at radius 3 is 2.76 bits per heavy atom. The van der Waals surface area contributed by atoms with E-state index >= 15 is 0 Å². The quantitative estimate of drug-likeness (QED) is 0.853. The van der Waals surface area contributed by atoms with Crippen molar-refractivity contribution in [1.82, 2.24) is 5.32 Å². The van der Waals surface area contributed by atoms with E-state index in [4.69, 9.17) is 11.6 Å². The van der Waals surface area contributed by atoms with Gasteiger partial charge in [-0.1, -0.05) is 35.5 Å². The number of thioether (sulfide) groups is 1. The molecule has 3 rings (SSSR count). The van der Waals surface area contributed by atoms with E-state index < -0.39 is 5.25 Å². The van der Waals surface area contributed by atoms with Crippen molar-refractivity contribution >= 4 is 51.7 Å². The molecule has 2 aromatic carbocycles. The first-order valence-electron chi connectivity index (χ1n) is 7.68. The lowest BCUT2D eigenvalue weighted by molar-refractivity contribution is -0.122. The fraction of sp³-hybridized carbons (Fsp3) is 0.167. The number of aliphatic imine (C=N–C) groups is 1. The maximum Gasteiger partial charge on any atom is 0.240 e. The third-order valence-corrected chi connectivity index (χ3v) is 4.84. The van der Waals surface area contributed by atoms with Gasteiger partial charge in [0, 0.05) is 17.1 Å². The second kappa shape index (κ2) is 7.72. The van der Waals surface area contributed by atoms with Gasteiger partial charge < -0.3 is 10.6 Å². The van der Waals surface area contributed by atoms with Crippen LogP contribution in [0.5, 0.6) is 0 Å². The molecular formula is C18H16ClN3O2S. The van der Waals surface area contributed by atoms with Crippen molar-refractivity contribution in [1.29, 1.82) is 0 Å². The largest absolute Gasteiger partial charge is 0.326 e. The van der Waals surface area contributed by atoms with Crippen LogP contribution in [0.4, 0.5) is 11.4 Å². The van der Waals surface area contributed by atoms with Crippen LogP contribution < -0.4 is 10.6 Å². The maximum atomic E-state index is 12.2. The van der Waals surface area contributed by atoms with Gasteiger partial charge in [-0.15, -0.1) is 0 Å². The molecule has 0 spiro atoms. The number of benzene rings is 2. The number of carbonyl (C=O) groups excluding carboxylic acids is 2. The van der Waals surface area contributed by atoms with Gasteiger partial charge in [0.25, 0.3) is 0 Å². The molecule has 5 nitrogen and oxygen atoms in total. The first-order chi connectivity index (χ1) is 12.0. The summed E-state index contributed by atoms with van der Waals surface area (Å²) in [5.41, 5.74) is 2.48. The highest BCUT2D eigenvalue weighted by Crippen LogP contribution is 2.26. The standard InChI is InChI=1S/C18H16ClN3O2S/c1-11-3-2-4-14(9-11)20-16(23)10-15-17(24)22-18(25-15)21-13-7-5-12(19)6-8-13/h2-9,15H,10H2,1H3,(H,20,23)(H,21,22,24)/t15-/m0/s1. The molecule has 2 amide bonds. The molecule has 0 saturated carbocycles. The number of halogens is 1. The molecule has 1 heterocycles. The topological polar surface area (TPSA) is 70.6 Å². The van der Waals surface area contributed by atoms with Crippen molar-refractivity contribution in [2.75, 3.05) is 5.32 Å². The van der Waals surface area contributed by atoms with Crippen LogP contribution in [-0.4, -0.2) is 22.2 Å². The van der Waals surface area contributed by atoms with E-state index in [1.54, 1.807) is 24.3 Å². The van der Waals surface area contributed by atoms with Crippen LogP contribution in [0, 0.1) is 6.92 Å². The van der Waals surface area contributed by atoms with Crippen LogP contribution in [0.2, 0.25) is 5.02 Å². The lowest BCUT2D eigenvalue weighted by Crippen LogP contribution is -2.28. The summed E-state index contributed by atoms with van der Waals surface area (Å²) in [6.07, 6.45) is 0.0874. The van der Waals surface area contributed by atoms with Gasteiger partial charge in [-0.25, -0.2) is 4.99 Å². The third-order valence-electron chi connectivity index (χ3n) is 3.51. The molecule has 0 bridgehead atoms. The van der Waals surface area contributed by atoms with E-state index in [0.29, 0.717) is 15.9 Å². The lowest BCUT2D eigenvalue weighted by Gasteiger charge is -2.07. The summed E-state index contributed by atoms with van der Waals surface area (Å²) >= 11 is 7.10. The number of rotatable bonds is 4. The minimum atomic E-state index is -0.490. The SMILES string of the molecule is Cc1cccc(NC(=O)C[C@@H]2SC(=Nc3ccc(Cl)cc3)NC2=O)c1. The molecule has 1 saturated heterocycles. The molecule has 7 heteroatoms. The van der Waals surface area contributed by atoms with Gasteiger partial charge in [-0.05, 0) is 48.9 Å². The number of anilines is 1.